The van der Waals surface area contributed by atoms with Crippen molar-refractivity contribution in [2.45, 2.75) is 6.42 Å². The highest BCUT2D eigenvalue weighted by atomic mass is 79.9. The lowest BCUT2D eigenvalue weighted by Crippen LogP contribution is -2.27. The largest absolute Gasteiger partial charge is 0.387 e. The fourth-order valence-electron chi connectivity index (χ4n) is 1.29. The quantitative estimate of drug-likeness (QED) is 0.782. The highest BCUT2D eigenvalue weighted by molar-refractivity contribution is 9.10. The van der Waals surface area contributed by atoms with E-state index in [9.17, 15) is 0 Å². The number of hydrogen-bond acceptors (Lipinski definition) is 3. The van der Waals surface area contributed by atoms with E-state index in [0.717, 1.165) is 16.0 Å². The second-order valence-corrected chi connectivity index (χ2v) is 4.53. The van der Waals surface area contributed by atoms with Crippen LogP contribution >= 0.6 is 28.1 Å². The maximum atomic E-state index is 5.63. The highest BCUT2D eigenvalue weighted by Gasteiger charge is 2.10. The van der Waals surface area contributed by atoms with E-state index in [0.29, 0.717) is 12.3 Å². The minimum atomic E-state index is 0.267. The number of hydrogen-bond donors (Lipinski definition) is 2. The third kappa shape index (κ3) is 2.86. The number of benzene rings is 1. The molecule has 3 N–H and O–H groups in total. The Hall–Kier alpha value is -1.27. The molecule has 1 aromatic rings. The molecular formula is C10H9BrN4S. The monoisotopic (exact) mass is 296 g/mol. The Labute approximate surface area is 107 Å². The number of anilines is 1. The number of amidine groups is 2. The lowest BCUT2D eigenvalue weighted by atomic mass is 10.3. The molecule has 0 radical (unpaired) electrons. The second kappa shape index (κ2) is 4.71. The molecule has 1 aliphatic heterocycles. The van der Waals surface area contributed by atoms with Gasteiger partial charge in [-0.3, -0.25) is 0 Å². The topological polar surface area (TPSA) is 62.8 Å². The Kier molecular flexibility index (Phi) is 3.31. The number of nitrogens with one attached hydrogen (secondary N) is 1. The van der Waals surface area contributed by atoms with Gasteiger partial charge in [-0.05, 0) is 36.5 Å². The third-order valence-electron chi connectivity index (χ3n) is 1.95. The predicted octanol–water partition coefficient (Wildman–Crippen LogP) is 2.31. The first kappa shape index (κ1) is 11.2. The zero-order chi connectivity index (χ0) is 11.5. The van der Waals surface area contributed by atoms with Gasteiger partial charge in [0.15, 0.2) is 0 Å². The maximum Gasteiger partial charge on any atom is 0.222 e. The first-order valence-electron chi connectivity index (χ1n) is 4.60. The summed E-state index contributed by atoms with van der Waals surface area (Å²) in [6.45, 7) is 0. The summed E-state index contributed by atoms with van der Waals surface area (Å²) in [5, 5.41) is 3.42. The van der Waals surface area contributed by atoms with E-state index >= 15 is 0 Å². The summed E-state index contributed by atoms with van der Waals surface area (Å²) in [6.07, 6.45) is 0.496. The van der Waals surface area contributed by atoms with E-state index in [1.54, 1.807) is 0 Å². The summed E-state index contributed by atoms with van der Waals surface area (Å²) in [6, 6.07) is 7.78. The molecule has 2 rings (SSSR count). The first-order chi connectivity index (χ1) is 7.63. The van der Waals surface area contributed by atoms with Gasteiger partial charge in [-0.2, -0.15) is 0 Å². The van der Waals surface area contributed by atoms with Crippen LogP contribution in [0.25, 0.3) is 0 Å². The Morgan fingerprint density at radius 1 is 1.25 bits per heavy atom. The van der Waals surface area contributed by atoms with Crippen LogP contribution in [0.1, 0.15) is 6.42 Å². The van der Waals surface area contributed by atoms with Crippen molar-refractivity contribution < 1.29 is 0 Å². The number of nitrogens with zero attached hydrogens (tertiary/aromatic N) is 2. The molecule has 0 spiro atoms. The number of halogens is 1. The summed E-state index contributed by atoms with van der Waals surface area (Å²) in [5.74, 6) is 1.21. The van der Waals surface area contributed by atoms with Crippen molar-refractivity contribution in [1.29, 1.82) is 0 Å². The summed E-state index contributed by atoms with van der Waals surface area (Å²) < 4.78 is 1.03. The Balaban J connectivity index is 2.11. The molecule has 0 bridgehead atoms. The number of nitrogens with two attached hydrogens (primary N) is 1. The normalized spacial score (nSPS) is 15.4. The fraction of sp³-hybridized carbons (Fsp3) is 0.100. The van der Waals surface area contributed by atoms with Gasteiger partial charge in [0.1, 0.15) is 11.7 Å². The van der Waals surface area contributed by atoms with Crippen molar-refractivity contribution >= 4 is 50.6 Å². The number of rotatable bonds is 1. The molecule has 0 amide bonds. The van der Waals surface area contributed by atoms with E-state index in [1.807, 2.05) is 24.3 Å². The lowest BCUT2D eigenvalue weighted by molar-refractivity contribution is 1.34. The van der Waals surface area contributed by atoms with Crippen LogP contribution in [0.3, 0.4) is 0 Å². The van der Waals surface area contributed by atoms with Crippen LogP contribution < -0.4 is 11.1 Å². The number of thiocarbonyl (C=S) groups is 1. The minimum Gasteiger partial charge on any atom is -0.387 e. The van der Waals surface area contributed by atoms with Crippen molar-refractivity contribution in [3.8, 4) is 0 Å². The van der Waals surface area contributed by atoms with Gasteiger partial charge in [0.25, 0.3) is 0 Å². The van der Waals surface area contributed by atoms with Gasteiger partial charge >= 0.3 is 0 Å². The standard InChI is InChI=1S/C10H9BrN4S/c11-6-1-3-7(4-2-6)13-9-5-8(12)14-10(16)15-9/h1-4H,5H2,(H3,12,13,14,15,16). The van der Waals surface area contributed by atoms with Gasteiger partial charge in [0.2, 0.25) is 5.11 Å². The van der Waals surface area contributed by atoms with Crippen molar-refractivity contribution in [2.24, 2.45) is 15.7 Å². The zero-order valence-electron chi connectivity index (χ0n) is 8.27. The van der Waals surface area contributed by atoms with E-state index in [1.165, 1.54) is 0 Å². The van der Waals surface area contributed by atoms with Gasteiger partial charge in [0.05, 0.1) is 6.42 Å². The molecule has 0 unspecified atom stereocenters. The van der Waals surface area contributed by atoms with Crippen molar-refractivity contribution in [2.75, 3.05) is 5.32 Å². The van der Waals surface area contributed by atoms with Crippen LogP contribution in [0.2, 0.25) is 0 Å². The average molecular weight is 297 g/mol. The highest BCUT2D eigenvalue weighted by Crippen LogP contribution is 2.15. The van der Waals surface area contributed by atoms with Gasteiger partial charge in [-0.25, -0.2) is 9.98 Å². The van der Waals surface area contributed by atoms with Gasteiger partial charge in [-0.15, -0.1) is 0 Å². The molecule has 1 aromatic carbocycles. The van der Waals surface area contributed by atoms with E-state index in [-0.39, 0.29) is 5.11 Å². The minimum absolute atomic E-state index is 0.267. The smallest absolute Gasteiger partial charge is 0.222 e. The molecule has 0 aliphatic carbocycles. The van der Waals surface area contributed by atoms with E-state index < -0.39 is 0 Å². The summed E-state index contributed by atoms with van der Waals surface area (Å²) >= 11 is 8.27. The Morgan fingerprint density at radius 3 is 2.56 bits per heavy atom. The molecule has 0 atom stereocenters. The Bertz CT molecular complexity index is 478. The summed E-state index contributed by atoms with van der Waals surface area (Å²) in [5.41, 5.74) is 6.57. The van der Waals surface area contributed by atoms with Crippen LogP contribution in [0.5, 0.6) is 0 Å². The SMILES string of the molecule is NC1=NC(=S)N=C(Nc2ccc(Br)cc2)C1. The first-order valence-corrected chi connectivity index (χ1v) is 5.81. The molecule has 0 saturated heterocycles. The molecule has 0 fully saturated rings. The van der Waals surface area contributed by atoms with Crippen molar-refractivity contribution in [3.05, 3.63) is 28.7 Å². The second-order valence-electron chi connectivity index (χ2n) is 3.25. The van der Waals surface area contributed by atoms with Crippen LogP contribution in [-0.2, 0) is 0 Å². The molecular weight excluding hydrogens is 288 g/mol. The molecule has 0 saturated carbocycles. The predicted molar refractivity (Wildman–Crippen MR) is 74.0 cm³/mol. The molecule has 6 heteroatoms. The summed E-state index contributed by atoms with van der Waals surface area (Å²) in [4.78, 5) is 7.99. The Morgan fingerprint density at radius 2 is 1.94 bits per heavy atom. The maximum absolute atomic E-state index is 5.63. The average Bonchev–Trinajstić information content (AvgIpc) is 2.20. The van der Waals surface area contributed by atoms with Crippen LogP contribution in [0, 0.1) is 0 Å². The van der Waals surface area contributed by atoms with Crippen LogP contribution in [0.4, 0.5) is 5.69 Å². The van der Waals surface area contributed by atoms with Crippen LogP contribution in [0.15, 0.2) is 38.7 Å². The molecule has 82 valence electrons. The molecule has 16 heavy (non-hydrogen) atoms. The van der Waals surface area contributed by atoms with Crippen molar-refractivity contribution in [1.82, 2.24) is 0 Å². The third-order valence-corrected chi connectivity index (χ3v) is 2.66. The molecule has 1 aliphatic rings. The molecule has 0 aromatic heterocycles. The van der Waals surface area contributed by atoms with Crippen LogP contribution in [-0.4, -0.2) is 16.8 Å². The fourth-order valence-corrected chi connectivity index (χ4v) is 1.78. The van der Waals surface area contributed by atoms with E-state index in [2.05, 4.69) is 31.2 Å². The number of aliphatic imine (C=N–C) groups is 2. The zero-order valence-corrected chi connectivity index (χ0v) is 10.7. The van der Waals surface area contributed by atoms with Crippen molar-refractivity contribution in [3.63, 3.8) is 0 Å². The lowest BCUT2D eigenvalue weighted by Gasteiger charge is -2.12. The van der Waals surface area contributed by atoms with Gasteiger partial charge in [-0.1, -0.05) is 15.9 Å². The van der Waals surface area contributed by atoms with Gasteiger partial charge < -0.3 is 11.1 Å². The molecule has 1 heterocycles. The molecule has 4 nitrogen and oxygen atoms in total. The van der Waals surface area contributed by atoms with Gasteiger partial charge in [0, 0.05) is 10.2 Å². The summed E-state index contributed by atoms with van der Waals surface area (Å²) in [7, 11) is 0. The van der Waals surface area contributed by atoms with E-state index in [4.69, 9.17) is 18.0 Å².